The van der Waals surface area contributed by atoms with Crippen LogP contribution in [-0.2, 0) is 20.8 Å². The molecule has 0 aliphatic rings. The Kier molecular flexibility index (Phi) is 9.14. The van der Waals surface area contributed by atoms with Crippen LogP contribution in [0.15, 0.2) is 6.20 Å². The number of hydrogen-bond donors (Lipinski definition) is 1. The summed E-state index contributed by atoms with van der Waals surface area (Å²) in [5.74, 6) is 0.402. The van der Waals surface area contributed by atoms with Gasteiger partial charge in [0.2, 0.25) is 0 Å². The summed E-state index contributed by atoms with van der Waals surface area (Å²) in [7, 11) is 0. The van der Waals surface area contributed by atoms with Gasteiger partial charge in [-0.3, -0.25) is 0 Å². The molecule has 0 radical (unpaired) electrons. The second-order valence-corrected chi connectivity index (χ2v) is 4.69. The highest BCUT2D eigenvalue weighted by atomic mass is 16.5. The molecule has 0 amide bonds. The van der Waals surface area contributed by atoms with Crippen LogP contribution in [-0.4, -0.2) is 61.2 Å². The first-order chi connectivity index (χ1) is 9.74. The van der Waals surface area contributed by atoms with E-state index < -0.39 is 0 Å². The zero-order valence-electron chi connectivity index (χ0n) is 12.5. The third-order valence-electron chi connectivity index (χ3n) is 2.62. The van der Waals surface area contributed by atoms with Crippen LogP contribution in [0.5, 0.6) is 0 Å². The van der Waals surface area contributed by atoms with Crippen molar-refractivity contribution in [2.24, 2.45) is 5.73 Å². The predicted octanol–water partition coefficient (Wildman–Crippen LogP) is 0.410. The van der Waals surface area contributed by atoms with E-state index in [0.29, 0.717) is 58.6 Å². The second-order valence-electron chi connectivity index (χ2n) is 4.69. The van der Waals surface area contributed by atoms with Gasteiger partial charge in [-0.1, -0.05) is 19.1 Å². The molecule has 2 N–H and O–H groups in total. The summed E-state index contributed by atoms with van der Waals surface area (Å²) in [5, 5.41) is 8.13. The van der Waals surface area contributed by atoms with Crippen LogP contribution in [0.2, 0.25) is 0 Å². The summed E-state index contributed by atoms with van der Waals surface area (Å²) in [6.07, 6.45) is 1.96. The molecule has 0 aromatic carbocycles. The number of nitrogens with zero attached hydrogens (tertiary/aromatic N) is 3. The van der Waals surface area contributed by atoms with Gasteiger partial charge in [-0.15, -0.1) is 5.10 Å². The average Bonchev–Trinajstić information content (AvgIpc) is 2.90. The number of nitrogens with two attached hydrogens (primary N) is 1. The predicted molar refractivity (Wildman–Crippen MR) is 75.6 cm³/mol. The van der Waals surface area contributed by atoms with Gasteiger partial charge in [0.05, 0.1) is 51.9 Å². The maximum absolute atomic E-state index is 5.46. The molecule has 116 valence electrons. The van der Waals surface area contributed by atoms with Gasteiger partial charge in [-0.2, -0.15) is 0 Å². The monoisotopic (exact) mass is 286 g/mol. The van der Waals surface area contributed by atoms with Crippen molar-refractivity contribution >= 4 is 0 Å². The van der Waals surface area contributed by atoms with Gasteiger partial charge in [0.1, 0.15) is 0 Å². The van der Waals surface area contributed by atoms with Gasteiger partial charge in [0.15, 0.2) is 0 Å². The van der Waals surface area contributed by atoms with Crippen molar-refractivity contribution in [3.8, 4) is 0 Å². The third kappa shape index (κ3) is 7.54. The first kappa shape index (κ1) is 17.0. The Morgan fingerprint density at radius 1 is 1.05 bits per heavy atom. The molecule has 0 spiro atoms. The largest absolute Gasteiger partial charge is 0.378 e. The topological polar surface area (TPSA) is 84.4 Å². The zero-order chi connectivity index (χ0) is 14.6. The van der Waals surface area contributed by atoms with E-state index in [2.05, 4.69) is 24.2 Å². The molecule has 0 aliphatic carbocycles. The molecule has 0 bridgehead atoms. The highest BCUT2D eigenvalue weighted by Gasteiger charge is 2.04. The standard InChI is InChI=1S/C13H26N4O3/c1-12(2)13-11-17(16-15-13)4-6-19-8-10-20-9-7-18-5-3-14/h11-12H,3-10,14H2,1-2H3. The van der Waals surface area contributed by atoms with Gasteiger partial charge in [0, 0.05) is 12.7 Å². The number of hydrogen-bond acceptors (Lipinski definition) is 6. The molecule has 7 heteroatoms. The van der Waals surface area contributed by atoms with E-state index in [0.717, 1.165) is 5.69 Å². The fourth-order valence-electron chi connectivity index (χ4n) is 1.47. The van der Waals surface area contributed by atoms with Gasteiger partial charge in [-0.25, -0.2) is 4.68 Å². The van der Waals surface area contributed by atoms with E-state index in [1.165, 1.54) is 0 Å². The smallest absolute Gasteiger partial charge is 0.0852 e. The van der Waals surface area contributed by atoms with Gasteiger partial charge in [0.25, 0.3) is 0 Å². The lowest BCUT2D eigenvalue weighted by molar-refractivity contribution is 0.0141. The highest BCUT2D eigenvalue weighted by molar-refractivity contribution is 4.97. The summed E-state index contributed by atoms with van der Waals surface area (Å²) < 4.78 is 17.8. The Balaban J connectivity index is 1.91. The molecule has 20 heavy (non-hydrogen) atoms. The number of aromatic nitrogens is 3. The van der Waals surface area contributed by atoms with Crippen molar-refractivity contribution in [3.63, 3.8) is 0 Å². The lowest BCUT2D eigenvalue weighted by atomic mass is 10.2. The van der Waals surface area contributed by atoms with Crippen LogP contribution >= 0.6 is 0 Å². The SMILES string of the molecule is CC(C)c1cn(CCOCCOCCOCCN)nn1. The fourth-order valence-corrected chi connectivity index (χ4v) is 1.47. The average molecular weight is 286 g/mol. The van der Waals surface area contributed by atoms with Gasteiger partial charge >= 0.3 is 0 Å². The van der Waals surface area contributed by atoms with Crippen molar-refractivity contribution in [1.82, 2.24) is 15.0 Å². The number of rotatable bonds is 12. The zero-order valence-corrected chi connectivity index (χ0v) is 12.5. The maximum Gasteiger partial charge on any atom is 0.0852 e. The van der Waals surface area contributed by atoms with E-state index in [4.69, 9.17) is 19.9 Å². The second kappa shape index (κ2) is 10.7. The Hall–Kier alpha value is -1.02. The summed E-state index contributed by atoms with van der Waals surface area (Å²) in [6.45, 7) is 8.92. The van der Waals surface area contributed by atoms with E-state index >= 15 is 0 Å². The van der Waals surface area contributed by atoms with E-state index in [1.807, 2.05) is 6.20 Å². The molecular weight excluding hydrogens is 260 g/mol. The molecule has 1 heterocycles. The molecule has 0 atom stereocenters. The van der Waals surface area contributed by atoms with Crippen molar-refractivity contribution in [2.75, 3.05) is 46.2 Å². The maximum atomic E-state index is 5.46. The van der Waals surface area contributed by atoms with E-state index in [-0.39, 0.29) is 0 Å². The Labute approximate surface area is 120 Å². The van der Waals surface area contributed by atoms with E-state index in [9.17, 15) is 0 Å². The summed E-state index contributed by atoms with van der Waals surface area (Å²) in [6, 6.07) is 0. The molecule has 1 rings (SSSR count). The molecule has 0 fully saturated rings. The minimum absolute atomic E-state index is 0.402. The van der Waals surface area contributed by atoms with Crippen LogP contribution < -0.4 is 5.73 Å². The minimum atomic E-state index is 0.402. The van der Waals surface area contributed by atoms with Gasteiger partial charge in [-0.05, 0) is 5.92 Å². The lowest BCUT2D eigenvalue weighted by Gasteiger charge is -2.06. The fraction of sp³-hybridized carbons (Fsp3) is 0.846. The van der Waals surface area contributed by atoms with Crippen LogP contribution in [0.25, 0.3) is 0 Å². The molecule has 0 aliphatic heterocycles. The van der Waals surface area contributed by atoms with Crippen LogP contribution in [0, 0.1) is 0 Å². The Morgan fingerprint density at radius 3 is 2.20 bits per heavy atom. The minimum Gasteiger partial charge on any atom is -0.378 e. The molecule has 0 saturated carbocycles. The third-order valence-corrected chi connectivity index (χ3v) is 2.62. The molecule has 1 aromatic heterocycles. The molecule has 7 nitrogen and oxygen atoms in total. The van der Waals surface area contributed by atoms with Gasteiger partial charge < -0.3 is 19.9 Å². The first-order valence-corrected chi connectivity index (χ1v) is 7.07. The highest BCUT2D eigenvalue weighted by Crippen LogP contribution is 2.08. The molecule has 0 saturated heterocycles. The van der Waals surface area contributed by atoms with Crippen molar-refractivity contribution in [1.29, 1.82) is 0 Å². The summed E-state index contributed by atoms with van der Waals surface area (Å²) >= 11 is 0. The normalized spacial score (nSPS) is 11.4. The first-order valence-electron chi connectivity index (χ1n) is 7.07. The van der Waals surface area contributed by atoms with E-state index in [1.54, 1.807) is 4.68 Å². The molecule has 1 aromatic rings. The van der Waals surface area contributed by atoms with Crippen molar-refractivity contribution < 1.29 is 14.2 Å². The lowest BCUT2D eigenvalue weighted by Crippen LogP contribution is -2.14. The van der Waals surface area contributed by atoms with Crippen LogP contribution in [0.3, 0.4) is 0 Å². The number of ether oxygens (including phenoxy) is 3. The molecular formula is C13H26N4O3. The quantitative estimate of drug-likeness (QED) is 0.560. The van der Waals surface area contributed by atoms with Crippen molar-refractivity contribution in [2.45, 2.75) is 26.3 Å². The summed E-state index contributed by atoms with van der Waals surface area (Å²) in [5.41, 5.74) is 6.30. The Bertz CT molecular complexity index is 344. The van der Waals surface area contributed by atoms with Crippen LogP contribution in [0.4, 0.5) is 0 Å². The summed E-state index contributed by atoms with van der Waals surface area (Å²) in [4.78, 5) is 0. The molecule has 0 unspecified atom stereocenters. The van der Waals surface area contributed by atoms with Crippen molar-refractivity contribution in [3.05, 3.63) is 11.9 Å². The Morgan fingerprint density at radius 2 is 1.65 bits per heavy atom. The van der Waals surface area contributed by atoms with Crippen LogP contribution in [0.1, 0.15) is 25.5 Å².